The van der Waals surface area contributed by atoms with Gasteiger partial charge in [-0.15, -0.1) is 0 Å². The molecule has 298 valence electrons. The van der Waals surface area contributed by atoms with Crippen LogP contribution >= 0.6 is 136 Å². The van der Waals surface area contributed by atoms with Crippen molar-refractivity contribution in [3.8, 4) is 0 Å². The summed E-state index contributed by atoms with van der Waals surface area (Å²) in [6.07, 6.45) is -1.29. The Morgan fingerprint density at radius 3 is 1.48 bits per heavy atom. The summed E-state index contributed by atoms with van der Waals surface area (Å²) in [5, 5.41) is 62.9. The smallest absolute Gasteiger partial charge is 0.253 e. The van der Waals surface area contributed by atoms with Crippen molar-refractivity contribution in [3.63, 3.8) is 0 Å². The van der Waals surface area contributed by atoms with E-state index in [1.165, 1.54) is 7.11 Å². The van der Waals surface area contributed by atoms with Crippen molar-refractivity contribution >= 4 is 182 Å². The van der Waals surface area contributed by atoms with Crippen LogP contribution < -0.4 is 31.9 Å². The minimum absolute atomic E-state index is 0.0131. The van der Waals surface area contributed by atoms with Gasteiger partial charge in [0.1, 0.15) is 6.61 Å². The standard InChI is InChI=1S/C30H34I6N6O12/c1-54-10-12(48)41-23-19(33)13(17(31)14(20(23)34)29(52)40-8-11(47)9-46)26(49)25(37-2-5-43)30(53)42-24-21(35)15(27(50)38-3-6-44)18(32)16(22(24)36)28(51)39-4-7-45/h11,25,37,43-47H,2-10H2,1H3,(H,38,50)(H,39,51)(H,40,52)(H,41,48)(H,42,53). The molecule has 54 heavy (non-hydrogen) atoms. The van der Waals surface area contributed by atoms with E-state index in [4.69, 9.17) is 4.74 Å². The van der Waals surface area contributed by atoms with E-state index in [1.807, 2.05) is 90.4 Å². The third kappa shape index (κ3) is 12.8. The molecule has 2 unspecified atom stereocenters. The summed E-state index contributed by atoms with van der Waals surface area (Å²) in [5.41, 5.74) is -0.243. The fourth-order valence-corrected chi connectivity index (χ4v) is 13.3. The molecule has 0 spiro atoms. The Bertz CT molecular complexity index is 1720. The predicted molar refractivity (Wildman–Crippen MR) is 246 cm³/mol. The van der Waals surface area contributed by atoms with Gasteiger partial charge in [0.25, 0.3) is 17.7 Å². The molecule has 2 aromatic carbocycles. The molecule has 18 nitrogen and oxygen atoms in total. The van der Waals surface area contributed by atoms with E-state index >= 15 is 0 Å². The Balaban J connectivity index is 2.85. The van der Waals surface area contributed by atoms with E-state index in [0.29, 0.717) is 0 Å². The van der Waals surface area contributed by atoms with Gasteiger partial charge in [-0.2, -0.15) is 0 Å². The number of methoxy groups -OCH3 is 1. The lowest BCUT2D eigenvalue weighted by Crippen LogP contribution is -2.48. The van der Waals surface area contributed by atoms with Crippen LogP contribution in [0.3, 0.4) is 0 Å². The molecule has 2 rings (SSSR count). The number of ketones is 1. The van der Waals surface area contributed by atoms with Gasteiger partial charge in [-0.05, 0) is 136 Å². The number of nitrogens with one attached hydrogen (secondary N) is 6. The molecule has 0 aliphatic rings. The third-order valence-corrected chi connectivity index (χ3v) is 13.3. The molecule has 0 bridgehead atoms. The van der Waals surface area contributed by atoms with E-state index in [9.17, 15) is 54.3 Å². The normalized spacial score (nSPS) is 12.1. The van der Waals surface area contributed by atoms with Crippen molar-refractivity contribution in [1.82, 2.24) is 21.3 Å². The maximum atomic E-state index is 14.6. The van der Waals surface area contributed by atoms with Crippen molar-refractivity contribution in [2.75, 3.05) is 77.0 Å². The number of rotatable bonds is 20. The SMILES string of the molecule is COCC(=O)Nc1c(I)c(C(=O)NCC(O)CO)c(I)c(C(=O)C(NCCO)C(=O)Nc2c(I)c(C(=O)NCCO)c(I)c(C(=O)NCCO)c2I)c1I. The highest BCUT2D eigenvalue weighted by Crippen LogP contribution is 2.38. The van der Waals surface area contributed by atoms with Gasteiger partial charge in [-0.25, -0.2) is 0 Å². The fourth-order valence-electron chi connectivity index (χ4n) is 4.40. The number of aliphatic hydroxyl groups is 5. The molecule has 0 fully saturated rings. The summed E-state index contributed by atoms with van der Waals surface area (Å²) >= 11 is 10.8. The van der Waals surface area contributed by atoms with Gasteiger partial charge in [0.2, 0.25) is 11.8 Å². The first-order valence-electron chi connectivity index (χ1n) is 15.3. The molecule has 2 atom stereocenters. The van der Waals surface area contributed by atoms with E-state index in [1.54, 1.807) is 45.2 Å². The molecular weight excluding hydrogens is 1400 g/mol. The van der Waals surface area contributed by atoms with Crippen LogP contribution in [-0.2, 0) is 14.3 Å². The van der Waals surface area contributed by atoms with Crippen molar-refractivity contribution in [2.45, 2.75) is 12.1 Å². The number of amides is 5. The average molecular weight is 1430 g/mol. The van der Waals surface area contributed by atoms with Crippen LogP contribution in [0.2, 0.25) is 0 Å². The second-order valence-electron chi connectivity index (χ2n) is 10.6. The Morgan fingerprint density at radius 1 is 0.611 bits per heavy atom. The zero-order valence-electron chi connectivity index (χ0n) is 27.9. The number of hydrogen-bond acceptors (Lipinski definition) is 13. The second-order valence-corrected chi connectivity index (χ2v) is 17.1. The summed E-state index contributed by atoms with van der Waals surface area (Å²) in [7, 11) is 1.30. The number of benzene rings is 2. The van der Waals surface area contributed by atoms with Crippen molar-refractivity contribution in [1.29, 1.82) is 0 Å². The highest BCUT2D eigenvalue weighted by molar-refractivity contribution is 14.1. The van der Waals surface area contributed by atoms with E-state index in [2.05, 4.69) is 31.9 Å². The van der Waals surface area contributed by atoms with Crippen LogP contribution in [0.5, 0.6) is 0 Å². The van der Waals surface area contributed by atoms with Crippen LogP contribution in [0, 0.1) is 21.4 Å². The van der Waals surface area contributed by atoms with E-state index < -0.39 is 60.7 Å². The predicted octanol–water partition coefficient (Wildman–Crippen LogP) is 0.198. The van der Waals surface area contributed by atoms with E-state index in [0.717, 1.165) is 0 Å². The minimum atomic E-state index is -1.77. The number of carbonyl (C=O) groups excluding carboxylic acids is 6. The maximum Gasteiger partial charge on any atom is 0.253 e. The van der Waals surface area contributed by atoms with Crippen molar-refractivity contribution < 1.29 is 59.0 Å². The minimum Gasteiger partial charge on any atom is -0.395 e. The Morgan fingerprint density at radius 2 is 1.04 bits per heavy atom. The number of ether oxygens (including phenoxy) is 1. The number of hydrogen-bond donors (Lipinski definition) is 11. The number of aliphatic hydroxyl groups excluding tert-OH is 5. The summed E-state index contributed by atoms with van der Waals surface area (Å²) < 4.78 is 5.92. The lowest BCUT2D eigenvalue weighted by molar-refractivity contribution is -0.119. The van der Waals surface area contributed by atoms with Crippen molar-refractivity contribution in [3.05, 3.63) is 43.7 Å². The van der Waals surface area contributed by atoms with Crippen LogP contribution in [0.15, 0.2) is 0 Å². The summed E-state index contributed by atoms with van der Waals surface area (Å²) in [4.78, 5) is 81.5. The Hall–Kier alpha value is -0.440. The first-order chi connectivity index (χ1) is 25.5. The molecule has 0 aliphatic carbocycles. The van der Waals surface area contributed by atoms with Gasteiger partial charge in [0.05, 0.1) is 71.3 Å². The quantitative estimate of drug-likeness (QED) is 0.0481. The molecule has 0 aliphatic heterocycles. The molecule has 0 aromatic heterocycles. The number of anilines is 2. The summed E-state index contributed by atoms with van der Waals surface area (Å²) in [6.45, 7) is -3.10. The Labute approximate surface area is 390 Å². The van der Waals surface area contributed by atoms with Crippen molar-refractivity contribution in [2.24, 2.45) is 0 Å². The highest BCUT2D eigenvalue weighted by atomic mass is 127. The van der Waals surface area contributed by atoms with Crippen LogP contribution in [0.1, 0.15) is 41.4 Å². The highest BCUT2D eigenvalue weighted by Gasteiger charge is 2.36. The fraction of sp³-hybridized carbons (Fsp3) is 0.400. The van der Waals surface area contributed by atoms with E-state index in [-0.39, 0.29) is 101 Å². The first kappa shape index (κ1) is 49.7. The topological polar surface area (TPSA) is 285 Å². The molecule has 2 aromatic rings. The van der Waals surface area contributed by atoms with Gasteiger partial charge in [0.15, 0.2) is 11.8 Å². The molecule has 5 amide bonds. The maximum absolute atomic E-state index is 14.6. The molecular formula is C30H34I6N6O12. The van der Waals surface area contributed by atoms with Crippen LogP contribution in [-0.4, -0.2) is 139 Å². The molecule has 11 N–H and O–H groups in total. The average Bonchev–Trinajstić information content (AvgIpc) is 3.12. The number of Topliss-reactive ketones (excluding diaryl/α,β-unsaturated/α-hetero) is 1. The molecule has 24 heteroatoms. The van der Waals surface area contributed by atoms with Gasteiger partial charge >= 0.3 is 0 Å². The lowest BCUT2D eigenvalue weighted by Gasteiger charge is -2.24. The molecule has 0 saturated carbocycles. The number of carbonyl (C=O) groups is 6. The Kier molecular flexibility index (Phi) is 22.5. The molecule has 0 saturated heterocycles. The third-order valence-electron chi connectivity index (χ3n) is 6.84. The van der Waals surface area contributed by atoms with Gasteiger partial charge in [-0.1, -0.05) is 0 Å². The van der Waals surface area contributed by atoms with Crippen LogP contribution in [0.4, 0.5) is 11.4 Å². The van der Waals surface area contributed by atoms with Gasteiger partial charge in [-0.3, -0.25) is 34.1 Å². The van der Waals surface area contributed by atoms with Gasteiger partial charge < -0.3 is 56.9 Å². The zero-order chi connectivity index (χ0) is 40.9. The molecule has 0 radical (unpaired) electrons. The second kappa shape index (κ2) is 24.5. The number of halogens is 6. The zero-order valence-corrected chi connectivity index (χ0v) is 40.8. The van der Waals surface area contributed by atoms with Crippen LogP contribution in [0.25, 0.3) is 0 Å². The largest absolute Gasteiger partial charge is 0.395 e. The lowest BCUT2D eigenvalue weighted by atomic mass is 9.99. The summed E-state index contributed by atoms with van der Waals surface area (Å²) in [6, 6.07) is -1.77. The first-order valence-corrected chi connectivity index (χ1v) is 21.8. The van der Waals surface area contributed by atoms with Gasteiger partial charge in [0, 0.05) is 49.6 Å². The summed E-state index contributed by atoms with van der Waals surface area (Å²) in [5.74, 6) is -4.61. The monoisotopic (exact) mass is 1430 g/mol. The molecule has 0 heterocycles.